The average molecular weight is 660 g/mol. The summed E-state index contributed by atoms with van der Waals surface area (Å²) in [7, 11) is -2.21. The molecule has 1 spiro atoms. The molecule has 4 aromatic rings. The number of carbonyl (C=O) groups excluding carboxylic acids is 1. The van der Waals surface area contributed by atoms with Gasteiger partial charge in [-0.1, -0.05) is 18.2 Å². The molecule has 1 aromatic carbocycles. The van der Waals surface area contributed by atoms with Crippen LogP contribution in [0.2, 0.25) is 0 Å². The normalized spacial score (nSPS) is 18.8. The van der Waals surface area contributed by atoms with E-state index in [4.69, 9.17) is 9.47 Å². The van der Waals surface area contributed by atoms with Crippen LogP contribution in [0, 0.1) is 26.2 Å². The summed E-state index contributed by atoms with van der Waals surface area (Å²) in [6.07, 6.45) is -0.288. The van der Waals surface area contributed by atoms with Crippen LogP contribution >= 0.6 is 10.8 Å². The summed E-state index contributed by atoms with van der Waals surface area (Å²) in [4.78, 5) is 17.9. The van der Waals surface area contributed by atoms with Crippen LogP contribution in [0.15, 0.2) is 47.6 Å². The Hall–Kier alpha value is -3.72. The SMILES string of the molecule is COC(=O)C(C)(C)C(c1ccc(C)c(CN2CC3(CC3)Oc3ncc(C)cc3S2(O)O)c1)c1ccn2c(C(F)(F)F)nnc2c1C. The zero-order chi connectivity index (χ0) is 33.4. The van der Waals surface area contributed by atoms with Crippen molar-refractivity contribution in [3.8, 4) is 5.88 Å². The van der Waals surface area contributed by atoms with E-state index in [1.165, 1.54) is 13.3 Å². The molecule has 0 saturated heterocycles. The first-order valence-electron chi connectivity index (χ1n) is 14.8. The molecule has 0 amide bonds. The van der Waals surface area contributed by atoms with Gasteiger partial charge in [0, 0.05) is 24.9 Å². The molecule has 3 aromatic heterocycles. The highest BCUT2D eigenvalue weighted by atomic mass is 32.3. The first-order chi connectivity index (χ1) is 21.5. The van der Waals surface area contributed by atoms with E-state index in [0.717, 1.165) is 33.9 Å². The zero-order valence-corrected chi connectivity index (χ0v) is 27.2. The fourth-order valence-corrected chi connectivity index (χ4v) is 8.02. The number of nitrogens with zero attached hydrogens (tertiary/aromatic N) is 5. The van der Waals surface area contributed by atoms with Gasteiger partial charge in [-0.15, -0.1) is 21.0 Å². The van der Waals surface area contributed by atoms with Gasteiger partial charge in [0.1, 0.15) is 10.5 Å². The molecule has 1 unspecified atom stereocenters. The van der Waals surface area contributed by atoms with E-state index in [2.05, 4.69) is 15.2 Å². The molecule has 1 saturated carbocycles. The third kappa shape index (κ3) is 5.40. The first-order valence-corrected chi connectivity index (χ1v) is 16.3. The lowest BCUT2D eigenvalue weighted by molar-refractivity contribution is -0.151. The number of aromatic nitrogens is 4. The number of halogens is 3. The number of alkyl halides is 3. The molecule has 14 heteroatoms. The molecule has 4 heterocycles. The molecule has 1 aliphatic heterocycles. The van der Waals surface area contributed by atoms with E-state index in [1.54, 1.807) is 43.4 Å². The molecular weight excluding hydrogens is 623 g/mol. The molecule has 0 radical (unpaired) electrons. The van der Waals surface area contributed by atoms with Crippen LogP contribution in [0.3, 0.4) is 0 Å². The lowest BCUT2D eigenvalue weighted by Gasteiger charge is -2.42. The van der Waals surface area contributed by atoms with Gasteiger partial charge in [0.15, 0.2) is 5.65 Å². The first kappa shape index (κ1) is 32.2. The molecule has 2 aliphatic rings. The molecule has 1 aliphatic carbocycles. The number of ether oxygens (including phenoxy) is 2. The van der Waals surface area contributed by atoms with Crippen LogP contribution in [-0.2, 0) is 22.3 Å². The molecule has 246 valence electrons. The van der Waals surface area contributed by atoms with Gasteiger partial charge >= 0.3 is 12.1 Å². The lowest BCUT2D eigenvalue weighted by atomic mass is 9.70. The monoisotopic (exact) mass is 659 g/mol. The van der Waals surface area contributed by atoms with E-state index < -0.39 is 45.7 Å². The maximum absolute atomic E-state index is 13.6. The van der Waals surface area contributed by atoms with E-state index >= 15 is 0 Å². The molecule has 0 bridgehead atoms. The Kier molecular flexibility index (Phi) is 7.66. The van der Waals surface area contributed by atoms with Gasteiger partial charge in [0.25, 0.3) is 0 Å². The number of pyridine rings is 2. The van der Waals surface area contributed by atoms with Crippen molar-refractivity contribution < 1.29 is 36.5 Å². The molecule has 1 atom stereocenters. The largest absolute Gasteiger partial charge is 0.469 e. The third-order valence-corrected chi connectivity index (χ3v) is 11.0. The second kappa shape index (κ2) is 10.9. The van der Waals surface area contributed by atoms with Gasteiger partial charge in [-0.3, -0.25) is 18.3 Å². The Balaban J connectivity index is 1.46. The standard InChI is InChI=1S/C32H36F3N5O5S/c1-18-13-24-27(36-15-18)45-31(10-11-31)17-39(46(24,42)43)16-22-14-21(8-7-19(22)2)25(30(4,5)29(41)44-6)23-9-12-40-26(20(23)3)37-38-28(40)32(33,34)35/h7-9,12-15,25,42-43H,10-11,16-17H2,1-6H3. The van der Waals surface area contributed by atoms with Crippen LogP contribution in [-0.4, -0.2) is 58.2 Å². The predicted octanol–water partition coefficient (Wildman–Crippen LogP) is 6.85. The lowest BCUT2D eigenvalue weighted by Crippen LogP contribution is -2.36. The highest BCUT2D eigenvalue weighted by Gasteiger charge is 2.52. The van der Waals surface area contributed by atoms with Gasteiger partial charge in [-0.25, -0.2) is 4.98 Å². The molecule has 1 fully saturated rings. The molecule has 2 N–H and O–H groups in total. The number of fused-ring (bicyclic) bond motifs is 2. The number of hydrogen-bond acceptors (Lipinski definition) is 9. The fourth-order valence-electron chi connectivity index (χ4n) is 6.34. The van der Waals surface area contributed by atoms with Gasteiger partial charge in [0.05, 0.1) is 19.1 Å². The van der Waals surface area contributed by atoms with Crippen molar-refractivity contribution in [2.24, 2.45) is 5.41 Å². The van der Waals surface area contributed by atoms with Gasteiger partial charge in [-0.2, -0.15) is 17.5 Å². The molecule has 46 heavy (non-hydrogen) atoms. The molecular formula is C32H36F3N5O5S. The highest BCUT2D eigenvalue weighted by Crippen LogP contribution is 2.61. The maximum Gasteiger partial charge on any atom is 0.452 e. The van der Waals surface area contributed by atoms with Crippen molar-refractivity contribution in [1.29, 1.82) is 0 Å². The van der Waals surface area contributed by atoms with Gasteiger partial charge in [-0.05, 0) is 93.0 Å². The minimum absolute atomic E-state index is 0.0265. The summed E-state index contributed by atoms with van der Waals surface area (Å²) in [5.74, 6) is -2.10. The maximum atomic E-state index is 13.6. The Labute approximate surface area is 266 Å². The predicted molar refractivity (Wildman–Crippen MR) is 165 cm³/mol. The quantitative estimate of drug-likeness (QED) is 0.214. The van der Waals surface area contributed by atoms with Crippen molar-refractivity contribution in [2.75, 3.05) is 13.7 Å². The molecule has 10 nitrogen and oxygen atoms in total. The Morgan fingerprint density at radius 2 is 1.85 bits per heavy atom. The van der Waals surface area contributed by atoms with E-state index in [1.807, 2.05) is 32.0 Å². The van der Waals surface area contributed by atoms with Crippen molar-refractivity contribution in [3.05, 3.63) is 81.9 Å². The van der Waals surface area contributed by atoms with Crippen LogP contribution in [0.1, 0.15) is 71.8 Å². The van der Waals surface area contributed by atoms with Gasteiger partial charge in [0.2, 0.25) is 11.7 Å². The number of carbonyl (C=O) groups is 1. The third-order valence-electron chi connectivity index (χ3n) is 9.11. The Bertz CT molecular complexity index is 1850. The number of rotatable bonds is 6. The van der Waals surface area contributed by atoms with Gasteiger partial charge < -0.3 is 9.47 Å². The number of benzene rings is 1. The smallest absolute Gasteiger partial charge is 0.452 e. The van der Waals surface area contributed by atoms with Crippen LogP contribution in [0.4, 0.5) is 13.2 Å². The summed E-state index contributed by atoms with van der Waals surface area (Å²) in [6, 6.07) is 8.93. The van der Waals surface area contributed by atoms with Crippen LogP contribution in [0.25, 0.3) is 5.65 Å². The highest BCUT2D eigenvalue weighted by molar-refractivity contribution is 8.22. The fraction of sp³-hybridized carbons (Fsp3) is 0.438. The Morgan fingerprint density at radius 3 is 2.50 bits per heavy atom. The summed E-state index contributed by atoms with van der Waals surface area (Å²) in [5, 5.41) is 7.24. The van der Waals surface area contributed by atoms with E-state index in [9.17, 15) is 27.1 Å². The van der Waals surface area contributed by atoms with Crippen molar-refractivity contribution >= 4 is 22.4 Å². The summed E-state index contributed by atoms with van der Waals surface area (Å²) >= 11 is 0. The average Bonchev–Trinajstić information content (AvgIpc) is 3.60. The Morgan fingerprint density at radius 1 is 1.13 bits per heavy atom. The molecule has 6 rings (SSSR count). The van der Waals surface area contributed by atoms with Crippen molar-refractivity contribution in [1.82, 2.24) is 23.9 Å². The number of esters is 1. The van der Waals surface area contributed by atoms with E-state index in [-0.39, 0.29) is 29.5 Å². The number of hydrogen-bond donors (Lipinski definition) is 2. The second-order valence-corrected chi connectivity index (χ2v) is 14.9. The zero-order valence-electron chi connectivity index (χ0n) is 26.3. The number of methoxy groups -OCH3 is 1. The summed E-state index contributed by atoms with van der Waals surface area (Å²) < 4.78 is 78.2. The summed E-state index contributed by atoms with van der Waals surface area (Å²) in [6.45, 7) is 9.28. The topological polar surface area (TPSA) is 122 Å². The van der Waals surface area contributed by atoms with Crippen molar-refractivity contribution in [3.63, 3.8) is 0 Å². The van der Waals surface area contributed by atoms with Crippen LogP contribution in [0.5, 0.6) is 5.88 Å². The van der Waals surface area contributed by atoms with Crippen molar-refractivity contribution in [2.45, 2.75) is 76.6 Å². The minimum Gasteiger partial charge on any atom is -0.469 e. The van der Waals surface area contributed by atoms with E-state index in [0.29, 0.717) is 16.7 Å². The minimum atomic E-state index is -4.70. The summed E-state index contributed by atoms with van der Waals surface area (Å²) in [5.41, 5.74) is 2.42. The number of aryl methyl sites for hydroxylation is 3. The second-order valence-electron chi connectivity index (χ2n) is 12.9. The van der Waals surface area contributed by atoms with Crippen LogP contribution < -0.4 is 4.74 Å².